The first-order chi connectivity index (χ1) is 12.4. The van der Waals surface area contributed by atoms with E-state index in [1.54, 1.807) is 24.3 Å². The molecule has 1 saturated heterocycles. The molecule has 150 valence electrons. The molecular formula is C17H27ClN6O2S. The Kier molecular flexibility index (Phi) is 7.47. The predicted molar refractivity (Wildman–Crippen MR) is 105 cm³/mol. The molecule has 0 saturated carbocycles. The van der Waals surface area contributed by atoms with Gasteiger partial charge in [0, 0.05) is 26.2 Å². The van der Waals surface area contributed by atoms with Gasteiger partial charge in [0.2, 0.25) is 5.88 Å². The molecule has 10 heteroatoms. The van der Waals surface area contributed by atoms with Crippen molar-refractivity contribution >= 4 is 22.6 Å². The maximum absolute atomic E-state index is 12.8. The quantitative estimate of drug-likeness (QED) is 0.665. The highest BCUT2D eigenvalue weighted by atomic mass is 35.5. The van der Waals surface area contributed by atoms with E-state index in [0.29, 0.717) is 5.82 Å². The average molecular weight is 415 g/mol. The Morgan fingerprint density at radius 3 is 2.41 bits per heavy atom. The van der Waals surface area contributed by atoms with Gasteiger partial charge in [-0.05, 0) is 43.0 Å². The van der Waals surface area contributed by atoms with E-state index in [2.05, 4.69) is 39.3 Å². The van der Waals surface area contributed by atoms with E-state index in [1.807, 2.05) is 6.92 Å². The molecule has 0 radical (unpaired) electrons. The first-order valence-corrected chi connectivity index (χ1v) is 10.5. The molecule has 1 aromatic heterocycles. The van der Waals surface area contributed by atoms with Crippen molar-refractivity contribution in [3.05, 3.63) is 35.7 Å². The Morgan fingerprint density at radius 1 is 1.19 bits per heavy atom. The third-order valence-corrected chi connectivity index (χ3v) is 6.47. The molecule has 0 aliphatic carbocycles. The van der Waals surface area contributed by atoms with Gasteiger partial charge in [0.1, 0.15) is 10.2 Å². The van der Waals surface area contributed by atoms with E-state index < -0.39 is 10.2 Å². The number of likely N-dealkylation sites (N-methyl/N-ethyl adjacent to an activating group) is 1. The van der Waals surface area contributed by atoms with E-state index >= 15 is 0 Å². The fourth-order valence-corrected chi connectivity index (χ4v) is 4.47. The second-order valence-corrected chi connectivity index (χ2v) is 8.82. The maximum atomic E-state index is 12.8. The Bertz CT molecular complexity index is 776. The normalized spacial score (nSPS) is 19.3. The van der Waals surface area contributed by atoms with Crippen LogP contribution in [0, 0.1) is 6.92 Å². The van der Waals surface area contributed by atoms with Gasteiger partial charge in [-0.25, -0.2) is 0 Å². The molecule has 0 bridgehead atoms. The summed E-state index contributed by atoms with van der Waals surface area (Å²) in [5, 5.41) is 11.9. The van der Waals surface area contributed by atoms with Crippen LogP contribution in [0.25, 0.3) is 0 Å². The summed E-state index contributed by atoms with van der Waals surface area (Å²) in [4.78, 5) is 4.91. The lowest BCUT2D eigenvalue weighted by atomic mass is 10.1. The summed E-state index contributed by atoms with van der Waals surface area (Å²) in [6.07, 6.45) is 0.828. The number of sulfone groups is 1. The number of tetrazole rings is 1. The number of hydrogen-bond donors (Lipinski definition) is 0. The van der Waals surface area contributed by atoms with Crippen LogP contribution in [-0.4, -0.2) is 67.8 Å². The van der Waals surface area contributed by atoms with Crippen LogP contribution in [0.4, 0.5) is 0 Å². The zero-order valence-electron chi connectivity index (χ0n) is 15.9. The molecule has 1 aromatic carbocycles. The van der Waals surface area contributed by atoms with Crippen LogP contribution in [-0.2, 0) is 20.3 Å². The molecule has 3 rings (SSSR count). The smallest absolute Gasteiger partial charge is 0.210 e. The van der Waals surface area contributed by atoms with Crippen LogP contribution in [0.5, 0.6) is 0 Å². The van der Waals surface area contributed by atoms with Crippen molar-refractivity contribution in [3.63, 3.8) is 0 Å². The van der Waals surface area contributed by atoms with Crippen molar-refractivity contribution < 1.29 is 8.76 Å². The highest BCUT2D eigenvalue weighted by Gasteiger charge is 2.30. The van der Waals surface area contributed by atoms with Gasteiger partial charge in [-0.15, -0.1) is 21.7 Å². The molecule has 1 aliphatic heterocycles. The highest BCUT2D eigenvalue weighted by Crippen LogP contribution is 2.25. The molecule has 2 atom stereocenters. The summed E-state index contributed by atoms with van der Waals surface area (Å²) in [6.45, 7) is 7.83. The second kappa shape index (κ2) is 9.20. The van der Waals surface area contributed by atoms with Gasteiger partial charge in [-0.3, -0.25) is 4.90 Å². The number of rotatable bonds is 6. The van der Waals surface area contributed by atoms with Gasteiger partial charge in [0.15, 0.2) is 10.7 Å². The lowest BCUT2D eigenvalue weighted by Crippen LogP contribution is -2.46. The molecule has 0 spiro atoms. The highest BCUT2D eigenvalue weighted by molar-refractivity contribution is 7.96. The maximum Gasteiger partial charge on any atom is 0.210 e. The Hall–Kier alpha value is -1.39. The Labute approximate surface area is 167 Å². The summed E-state index contributed by atoms with van der Waals surface area (Å²) in [5.41, 5.74) is 1.02. The van der Waals surface area contributed by atoms with E-state index in [-0.39, 0.29) is 29.2 Å². The fourth-order valence-electron chi connectivity index (χ4n) is 3.26. The van der Waals surface area contributed by atoms with Gasteiger partial charge in [0.25, 0.3) is 0 Å². The molecule has 2 aromatic rings. The largest absolute Gasteiger partial charge is 0.609 e. The van der Waals surface area contributed by atoms with Crippen molar-refractivity contribution in [2.75, 3.05) is 33.2 Å². The van der Waals surface area contributed by atoms with Crippen molar-refractivity contribution in [2.24, 2.45) is 0 Å². The molecule has 27 heavy (non-hydrogen) atoms. The third-order valence-electron chi connectivity index (χ3n) is 4.90. The zero-order chi connectivity index (χ0) is 18.7. The van der Waals surface area contributed by atoms with E-state index in [9.17, 15) is 8.76 Å². The number of halogens is 1. The monoisotopic (exact) mass is 414 g/mol. The van der Waals surface area contributed by atoms with E-state index in [1.165, 1.54) is 4.68 Å². The van der Waals surface area contributed by atoms with Crippen LogP contribution in [0.3, 0.4) is 0 Å². The van der Waals surface area contributed by atoms with Crippen LogP contribution in [0.15, 0.2) is 29.2 Å². The topological polar surface area (TPSA) is 90.2 Å². The molecule has 1 fully saturated rings. The summed E-state index contributed by atoms with van der Waals surface area (Å²) in [5.74, 6) is 0.371. The first-order valence-electron chi connectivity index (χ1n) is 8.89. The molecule has 0 amide bonds. The minimum atomic E-state index is -3.51. The lowest BCUT2D eigenvalue weighted by Gasteiger charge is -2.36. The standard InChI is InChI=1S/C17H26N6O2S.ClH/c1-4-16(22-11-9-21(3)10-12-22)17-18-19-20-23(17)13-26(24,25)15-7-5-14(2)6-8-15;/h5-8,16H,4,9-13H2,1-3H3;1H. The summed E-state index contributed by atoms with van der Waals surface area (Å²) in [6, 6.07) is 6.88. The van der Waals surface area contributed by atoms with Gasteiger partial charge in [-0.2, -0.15) is 4.68 Å². The number of nitrogens with zero attached hydrogens (tertiary/aromatic N) is 6. The minimum absolute atomic E-state index is 0. The molecule has 2 heterocycles. The number of aromatic nitrogens is 4. The number of piperazine rings is 1. The minimum Gasteiger partial charge on any atom is -0.609 e. The lowest BCUT2D eigenvalue weighted by molar-refractivity contribution is 0.103. The van der Waals surface area contributed by atoms with Crippen molar-refractivity contribution in [1.82, 2.24) is 30.0 Å². The Morgan fingerprint density at radius 2 is 1.81 bits per heavy atom. The molecule has 2 unspecified atom stereocenters. The Balaban J connectivity index is 0.00000261. The molecule has 1 aliphatic rings. The van der Waals surface area contributed by atoms with Crippen molar-refractivity contribution in [1.29, 1.82) is 0 Å². The third kappa shape index (κ3) is 5.11. The fraction of sp³-hybridized carbons (Fsp3) is 0.588. The SMILES string of the molecule is CCC(c1nnnn1C[S+](=O)([O-])c1ccc(C)cc1)N1CCN(C)CC1.Cl. The zero-order valence-corrected chi connectivity index (χ0v) is 17.6. The van der Waals surface area contributed by atoms with Crippen LogP contribution >= 0.6 is 12.4 Å². The number of aryl methyl sites for hydroxylation is 1. The summed E-state index contributed by atoms with van der Waals surface area (Å²) in [7, 11) is -1.40. The van der Waals surface area contributed by atoms with Gasteiger partial charge in [-0.1, -0.05) is 24.6 Å². The predicted octanol–water partition coefficient (Wildman–Crippen LogP) is 1.75. The van der Waals surface area contributed by atoms with Crippen LogP contribution in [0.1, 0.15) is 30.8 Å². The van der Waals surface area contributed by atoms with Gasteiger partial charge < -0.3 is 9.45 Å². The van der Waals surface area contributed by atoms with Crippen LogP contribution < -0.4 is 0 Å². The summed E-state index contributed by atoms with van der Waals surface area (Å²) < 4.78 is 26.9. The van der Waals surface area contributed by atoms with E-state index in [0.717, 1.165) is 38.2 Å². The average Bonchev–Trinajstić information content (AvgIpc) is 3.05. The first kappa shape index (κ1) is 21.9. The van der Waals surface area contributed by atoms with Crippen LogP contribution in [0.2, 0.25) is 0 Å². The van der Waals surface area contributed by atoms with Crippen molar-refractivity contribution in [2.45, 2.75) is 37.1 Å². The molecule has 0 N–H and O–H groups in total. The molecule has 8 nitrogen and oxygen atoms in total. The van der Waals surface area contributed by atoms with Gasteiger partial charge >= 0.3 is 0 Å². The second-order valence-electron chi connectivity index (χ2n) is 6.86. The number of hydrogen-bond acceptors (Lipinski definition) is 7. The number of benzene rings is 1. The molecular weight excluding hydrogens is 388 g/mol. The van der Waals surface area contributed by atoms with Crippen molar-refractivity contribution in [3.8, 4) is 0 Å². The summed E-state index contributed by atoms with van der Waals surface area (Å²) >= 11 is 0. The van der Waals surface area contributed by atoms with E-state index in [4.69, 9.17) is 0 Å². The van der Waals surface area contributed by atoms with Gasteiger partial charge in [0.05, 0.1) is 6.04 Å².